The van der Waals surface area contributed by atoms with Gasteiger partial charge in [0.25, 0.3) is 0 Å². The summed E-state index contributed by atoms with van der Waals surface area (Å²) in [5, 5.41) is 10.9. The van der Waals surface area contributed by atoms with Crippen molar-refractivity contribution < 1.29 is 72.3 Å². The summed E-state index contributed by atoms with van der Waals surface area (Å²) in [4.78, 5) is 0. The van der Waals surface area contributed by atoms with Crippen molar-refractivity contribution in [1.29, 1.82) is 0 Å². The molecule has 0 aliphatic carbocycles. The van der Waals surface area contributed by atoms with E-state index in [9.17, 15) is 44.6 Å². The number of aliphatic hydroxyl groups is 1. The van der Waals surface area contributed by atoms with Crippen LogP contribution < -0.4 is 9.47 Å². The summed E-state index contributed by atoms with van der Waals surface area (Å²) in [5.41, 5.74) is -3.76. The Hall–Kier alpha value is -4.41. The number of halogens is 11. The van der Waals surface area contributed by atoms with Crippen molar-refractivity contribution in [3.63, 3.8) is 0 Å². The number of rotatable bonds is 11. The highest BCUT2D eigenvalue weighted by atomic mass is 19.4. The van der Waals surface area contributed by atoms with E-state index in [2.05, 4.69) is 16.4 Å². The first-order valence-electron chi connectivity index (χ1n) is 15.7. The lowest BCUT2D eigenvalue weighted by Crippen LogP contribution is -2.46. The quantitative estimate of drug-likeness (QED) is 0.122. The average molecular weight is 751 g/mol. The van der Waals surface area contributed by atoms with Crippen LogP contribution in [0.15, 0.2) is 60.7 Å². The topological polar surface area (TPSA) is 57.2 Å². The molecule has 16 heteroatoms. The number of alkyl halides is 5. The van der Waals surface area contributed by atoms with E-state index in [0.29, 0.717) is 12.1 Å². The molecule has 0 bridgehead atoms. The summed E-state index contributed by atoms with van der Waals surface area (Å²) >= 11 is 0. The van der Waals surface area contributed by atoms with Crippen LogP contribution in [0, 0.1) is 40.3 Å². The van der Waals surface area contributed by atoms with E-state index >= 15 is 8.78 Å². The van der Waals surface area contributed by atoms with Crippen LogP contribution in [0.1, 0.15) is 50.7 Å². The van der Waals surface area contributed by atoms with Gasteiger partial charge in [0.15, 0.2) is 11.6 Å². The summed E-state index contributed by atoms with van der Waals surface area (Å²) < 4.78 is 174. The highest BCUT2D eigenvalue weighted by Crippen LogP contribution is 2.41. The third kappa shape index (κ3) is 8.45. The molecule has 1 aliphatic rings. The maximum absolute atomic E-state index is 15.3. The van der Waals surface area contributed by atoms with Crippen molar-refractivity contribution in [2.45, 2.75) is 58.0 Å². The Balaban J connectivity index is 1.34. The molecule has 4 aromatic rings. The van der Waals surface area contributed by atoms with Gasteiger partial charge >= 0.3 is 18.4 Å². The molecule has 1 fully saturated rings. The fraction of sp³-hybridized carbons (Fsp3) is 0.333. The van der Waals surface area contributed by atoms with E-state index in [0.717, 1.165) is 43.9 Å². The fourth-order valence-electron chi connectivity index (χ4n) is 5.62. The van der Waals surface area contributed by atoms with Crippen LogP contribution in [0.2, 0.25) is 0 Å². The number of hydrogen-bond acceptors (Lipinski definition) is 5. The first-order chi connectivity index (χ1) is 24.2. The van der Waals surface area contributed by atoms with Gasteiger partial charge in [0.1, 0.15) is 34.6 Å². The Kier molecular flexibility index (Phi) is 10.9. The molecule has 5 nitrogen and oxygen atoms in total. The van der Waals surface area contributed by atoms with Gasteiger partial charge in [-0.25, -0.2) is 26.3 Å². The van der Waals surface area contributed by atoms with Crippen LogP contribution in [0.25, 0.3) is 22.3 Å². The molecule has 0 atom stereocenters. The van der Waals surface area contributed by atoms with Gasteiger partial charge in [-0.05, 0) is 41.8 Å². The van der Waals surface area contributed by atoms with E-state index in [4.69, 9.17) is 9.47 Å². The zero-order chi connectivity index (χ0) is 38.2. The second kappa shape index (κ2) is 14.5. The number of unbranched alkanes of at least 4 members (excludes halogenated alkanes) is 2. The molecular formula is C36H29F11O5. The van der Waals surface area contributed by atoms with Crippen LogP contribution in [0.5, 0.6) is 11.5 Å². The predicted molar refractivity (Wildman–Crippen MR) is 163 cm³/mol. The van der Waals surface area contributed by atoms with E-state index in [1.165, 1.54) is 18.2 Å². The lowest BCUT2D eigenvalue weighted by atomic mass is 9.85. The molecule has 1 N–H and O–H groups in total. The molecule has 0 amide bonds. The van der Waals surface area contributed by atoms with E-state index < -0.39 is 81.5 Å². The lowest BCUT2D eigenvalue weighted by molar-refractivity contribution is -0.415. The molecule has 1 saturated heterocycles. The molecule has 1 heterocycles. The van der Waals surface area contributed by atoms with Crippen molar-refractivity contribution in [1.82, 2.24) is 0 Å². The minimum Gasteiger partial charge on any atom is -0.429 e. The first kappa shape index (κ1) is 38.8. The zero-order valence-corrected chi connectivity index (χ0v) is 27.3. The molecule has 0 unspecified atom stereocenters. The molecule has 4 aromatic carbocycles. The number of hydrogen-bond donors (Lipinski definition) is 1. The van der Waals surface area contributed by atoms with Crippen molar-refractivity contribution in [2.24, 2.45) is 5.41 Å². The van der Waals surface area contributed by atoms with Crippen molar-refractivity contribution in [3.8, 4) is 33.8 Å². The van der Waals surface area contributed by atoms with Crippen LogP contribution in [0.3, 0.4) is 0 Å². The summed E-state index contributed by atoms with van der Waals surface area (Å²) in [6, 6.07) is 6.84. The Morgan fingerprint density at radius 2 is 1.21 bits per heavy atom. The van der Waals surface area contributed by atoms with Gasteiger partial charge in [-0.15, -0.1) is 13.2 Å². The van der Waals surface area contributed by atoms with E-state index in [-0.39, 0.29) is 47.5 Å². The SMILES string of the molecule is CCCCCC1(C)COC(O)(c2ccc(-c3ccc(-c4cc(F)c(C(F)(F)Oc5cc(F)c(OC(F)(F)F)c(F)c5)c(F)c4)c(F)c3)c(F)c2)OC1. The lowest BCUT2D eigenvalue weighted by Gasteiger charge is -2.42. The summed E-state index contributed by atoms with van der Waals surface area (Å²) in [7, 11) is 0. The summed E-state index contributed by atoms with van der Waals surface area (Å²) in [5.74, 6) is -15.9. The highest BCUT2D eigenvalue weighted by molar-refractivity contribution is 5.72. The van der Waals surface area contributed by atoms with Gasteiger partial charge in [0.05, 0.1) is 13.2 Å². The van der Waals surface area contributed by atoms with Crippen LogP contribution in [-0.2, 0) is 21.6 Å². The monoisotopic (exact) mass is 750 g/mol. The first-order valence-corrected chi connectivity index (χ1v) is 15.7. The highest BCUT2D eigenvalue weighted by Gasteiger charge is 2.44. The van der Waals surface area contributed by atoms with Gasteiger partial charge < -0.3 is 24.1 Å². The molecule has 0 saturated carbocycles. The summed E-state index contributed by atoms with van der Waals surface area (Å²) in [6.45, 7) is 4.31. The van der Waals surface area contributed by atoms with Gasteiger partial charge in [-0.3, -0.25) is 0 Å². The molecule has 280 valence electrons. The Morgan fingerprint density at radius 1 is 0.673 bits per heavy atom. The van der Waals surface area contributed by atoms with Crippen LogP contribution in [-0.4, -0.2) is 24.7 Å². The molecule has 0 radical (unpaired) electrons. The Labute approximate surface area is 289 Å². The normalized spacial score (nSPS) is 19.5. The largest absolute Gasteiger partial charge is 0.573 e. The van der Waals surface area contributed by atoms with Crippen LogP contribution in [0.4, 0.5) is 48.3 Å². The zero-order valence-electron chi connectivity index (χ0n) is 27.3. The third-order valence-corrected chi connectivity index (χ3v) is 8.31. The van der Waals surface area contributed by atoms with Crippen molar-refractivity contribution >= 4 is 0 Å². The van der Waals surface area contributed by atoms with Crippen molar-refractivity contribution in [3.05, 3.63) is 107 Å². The fourth-order valence-corrected chi connectivity index (χ4v) is 5.62. The minimum absolute atomic E-state index is 0.0464. The molecule has 52 heavy (non-hydrogen) atoms. The van der Waals surface area contributed by atoms with E-state index in [1.807, 2.05) is 6.92 Å². The Morgan fingerprint density at radius 3 is 1.75 bits per heavy atom. The maximum atomic E-state index is 15.3. The molecule has 1 aliphatic heterocycles. The minimum atomic E-state index is -5.54. The Bertz CT molecular complexity index is 1890. The molecule has 0 aromatic heterocycles. The van der Waals surface area contributed by atoms with E-state index in [1.54, 1.807) is 0 Å². The van der Waals surface area contributed by atoms with Gasteiger partial charge in [-0.2, -0.15) is 8.78 Å². The molecule has 5 rings (SSSR count). The van der Waals surface area contributed by atoms with Gasteiger partial charge in [-0.1, -0.05) is 57.4 Å². The smallest absolute Gasteiger partial charge is 0.429 e. The predicted octanol–water partition coefficient (Wildman–Crippen LogP) is 10.6. The summed E-state index contributed by atoms with van der Waals surface area (Å²) in [6.07, 6.45) is -6.74. The maximum Gasteiger partial charge on any atom is 0.573 e. The van der Waals surface area contributed by atoms with Gasteiger partial charge in [0, 0.05) is 34.2 Å². The standard InChI is InChI=1S/C36H29F11O5/c1-3-4-5-10-33(2)17-49-35(48,50-18-33)21-7-9-23(26(38)14-21)19-6-8-24(25(37)11-19)20-12-27(39)31(28(40)13-20)34(43,44)51-22-15-29(41)32(30(42)16-22)52-36(45,46)47/h6-9,11-16,48H,3-5,10,17-18H2,1-2H3. The molecular weight excluding hydrogens is 721 g/mol. The molecule has 0 spiro atoms. The second-order valence-electron chi connectivity index (χ2n) is 12.5. The third-order valence-electron chi connectivity index (χ3n) is 8.31. The van der Waals surface area contributed by atoms with Crippen molar-refractivity contribution in [2.75, 3.05) is 13.2 Å². The van der Waals surface area contributed by atoms with Gasteiger partial charge in [0.2, 0.25) is 5.75 Å². The average Bonchev–Trinajstić information content (AvgIpc) is 3.03. The number of benzene rings is 4. The van der Waals surface area contributed by atoms with Crippen LogP contribution >= 0.6 is 0 Å². The number of ether oxygens (including phenoxy) is 4. The second-order valence-corrected chi connectivity index (χ2v) is 12.5.